The van der Waals surface area contributed by atoms with Crippen LogP contribution in [0.3, 0.4) is 0 Å². The van der Waals surface area contributed by atoms with Crippen LogP contribution in [0.1, 0.15) is 29.5 Å². The number of rotatable bonds is 6. The molecule has 4 nitrogen and oxygen atoms in total. The van der Waals surface area contributed by atoms with Gasteiger partial charge in [0.05, 0.1) is 10.6 Å². The number of piperidine rings is 1. The summed E-state index contributed by atoms with van der Waals surface area (Å²) in [6.45, 7) is 6.35. The van der Waals surface area contributed by atoms with Crippen LogP contribution in [-0.2, 0) is 16.6 Å². The Bertz CT molecular complexity index is 1150. The summed E-state index contributed by atoms with van der Waals surface area (Å²) in [5.74, 6) is -0.380. The minimum atomic E-state index is -3.79. The van der Waals surface area contributed by atoms with Crippen molar-refractivity contribution in [2.24, 2.45) is 0 Å². The van der Waals surface area contributed by atoms with Crippen LogP contribution < -0.4 is 4.31 Å². The summed E-state index contributed by atoms with van der Waals surface area (Å²) in [4.78, 5) is 2.66. The van der Waals surface area contributed by atoms with Gasteiger partial charge in [0.25, 0.3) is 10.0 Å². The molecule has 6 heteroatoms. The molecule has 3 aromatic carbocycles. The molecule has 3 aromatic rings. The molecule has 0 saturated carbocycles. The quantitative estimate of drug-likeness (QED) is 0.509. The molecular weight excluding hydrogens is 423 g/mol. The third-order valence-electron chi connectivity index (χ3n) is 6.13. The van der Waals surface area contributed by atoms with Gasteiger partial charge in [0.15, 0.2) is 0 Å². The van der Waals surface area contributed by atoms with Gasteiger partial charge in [-0.15, -0.1) is 0 Å². The standard InChI is InChI=1S/C26H29FN2O2S/c1-20-7-9-22(10-8-20)19-28-17-15-25(16-18-28)29(24-13-11-23(27)12-14-24)32(30,31)26-6-4-3-5-21(26)2/h3-14,25H,15-19H2,1-2H3. The molecule has 168 valence electrons. The second-order valence-electron chi connectivity index (χ2n) is 8.54. The van der Waals surface area contributed by atoms with Crippen molar-refractivity contribution in [3.05, 3.63) is 95.3 Å². The number of halogens is 1. The zero-order chi connectivity index (χ0) is 22.7. The monoisotopic (exact) mass is 452 g/mol. The zero-order valence-electron chi connectivity index (χ0n) is 18.5. The van der Waals surface area contributed by atoms with E-state index in [0.29, 0.717) is 29.0 Å². The molecule has 1 saturated heterocycles. The number of hydrogen-bond donors (Lipinski definition) is 0. The molecule has 0 spiro atoms. The SMILES string of the molecule is Cc1ccc(CN2CCC(N(c3ccc(F)cc3)S(=O)(=O)c3ccccc3C)CC2)cc1. The van der Waals surface area contributed by atoms with Crippen molar-refractivity contribution < 1.29 is 12.8 Å². The van der Waals surface area contributed by atoms with Crippen molar-refractivity contribution in [3.8, 4) is 0 Å². The molecule has 0 aliphatic carbocycles. The van der Waals surface area contributed by atoms with Crippen LogP contribution in [0, 0.1) is 19.7 Å². The third-order valence-corrected chi connectivity index (χ3v) is 8.17. The Hall–Kier alpha value is -2.70. The van der Waals surface area contributed by atoms with Gasteiger partial charge in [-0.25, -0.2) is 12.8 Å². The van der Waals surface area contributed by atoms with Crippen LogP contribution in [0.2, 0.25) is 0 Å². The Morgan fingerprint density at radius 1 is 0.906 bits per heavy atom. The fraction of sp³-hybridized carbons (Fsp3) is 0.308. The van der Waals surface area contributed by atoms with Crippen molar-refractivity contribution in [1.82, 2.24) is 4.90 Å². The number of hydrogen-bond acceptors (Lipinski definition) is 3. The number of nitrogens with zero attached hydrogens (tertiary/aromatic N) is 2. The second kappa shape index (κ2) is 9.43. The van der Waals surface area contributed by atoms with Gasteiger partial charge in [0.1, 0.15) is 5.82 Å². The van der Waals surface area contributed by atoms with Gasteiger partial charge >= 0.3 is 0 Å². The first-order valence-corrected chi connectivity index (χ1v) is 12.4. The van der Waals surface area contributed by atoms with E-state index < -0.39 is 10.0 Å². The number of benzene rings is 3. The third kappa shape index (κ3) is 4.87. The molecule has 0 aromatic heterocycles. The molecule has 0 atom stereocenters. The molecule has 0 amide bonds. The van der Waals surface area contributed by atoms with E-state index in [1.54, 1.807) is 37.3 Å². The van der Waals surface area contributed by atoms with E-state index in [9.17, 15) is 12.8 Å². The summed E-state index contributed by atoms with van der Waals surface area (Å²) in [7, 11) is -3.79. The first kappa shape index (κ1) is 22.5. The van der Waals surface area contributed by atoms with Gasteiger partial charge in [-0.3, -0.25) is 9.21 Å². The van der Waals surface area contributed by atoms with Crippen LogP contribution in [-0.4, -0.2) is 32.4 Å². The second-order valence-corrected chi connectivity index (χ2v) is 10.3. The van der Waals surface area contributed by atoms with Crippen LogP contribution in [0.25, 0.3) is 0 Å². The van der Waals surface area contributed by atoms with Crippen molar-refractivity contribution in [3.63, 3.8) is 0 Å². The Morgan fingerprint density at radius 3 is 2.16 bits per heavy atom. The minimum absolute atomic E-state index is 0.181. The molecular formula is C26H29FN2O2S. The van der Waals surface area contributed by atoms with Crippen LogP contribution in [0.5, 0.6) is 0 Å². The Balaban J connectivity index is 1.58. The summed E-state index contributed by atoms with van der Waals surface area (Å²) >= 11 is 0. The van der Waals surface area contributed by atoms with E-state index >= 15 is 0 Å². The van der Waals surface area contributed by atoms with E-state index in [0.717, 1.165) is 19.6 Å². The summed E-state index contributed by atoms with van der Waals surface area (Å²) < 4.78 is 42.6. The van der Waals surface area contributed by atoms with Gasteiger partial charge in [-0.1, -0.05) is 48.0 Å². The van der Waals surface area contributed by atoms with Crippen molar-refractivity contribution in [2.75, 3.05) is 17.4 Å². The molecule has 0 N–H and O–H groups in total. The van der Waals surface area contributed by atoms with E-state index in [4.69, 9.17) is 0 Å². The average molecular weight is 453 g/mol. The van der Waals surface area contributed by atoms with Gasteiger partial charge in [-0.05, 0) is 68.1 Å². The predicted octanol–water partition coefficient (Wildman–Crippen LogP) is 5.30. The molecule has 1 aliphatic heterocycles. The predicted molar refractivity (Wildman–Crippen MR) is 127 cm³/mol. The van der Waals surface area contributed by atoms with Crippen LogP contribution >= 0.6 is 0 Å². The van der Waals surface area contributed by atoms with Gasteiger partial charge in [-0.2, -0.15) is 0 Å². The summed E-state index contributed by atoms with van der Waals surface area (Å²) in [5.41, 5.74) is 3.71. The van der Waals surface area contributed by atoms with Crippen LogP contribution in [0.15, 0.2) is 77.7 Å². The topological polar surface area (TPSA) is 40.6 Å². The summed E-state index contributed by atoms with van der Waals surface area (Å²) in [5, 5.41) is 0. The lowest BCUT2D eigenvalue weighted by atomic mass is 10.0. The average Bonchev–Trinajstić information content (AvgIpc) is 2.78. The molecule has 1 aliphatic rings. The Kier molecular flexibility index (Phi) is 6.63. The molecule has 1 fully saturated rings. The maximum absolute atomic E-state index is 13.8. The lowest BCUT2D eigenvalue weighted by molar-refractivity contribution is 0.206. The highest BCUT2D eigenvalue weighted by Gasteiger charge is 2.34. The van der Waals surface area contributed by atoms with Crippen molar-refractivity contribution >= 4 is 15.7 Å². The lowest BCUT2D eigenvalue weighted by Crippen LogP contribution is -2.47. The first-order valence-electron chi connectivity index (χ1n) is 11.0. The van der Waals surface area contributed by atoms with E-state index in [-0.39, 0.29) is 11.9 Å². The first-order chi connectivity index (χ1) is 15.3. The van der Waals surface area contributed by atoms with Gasteiger partial charge in [0, 0.05) is 25.7 Å². The largest absolute Gasteiger partial charge is 0.299 e. The zero-order valence-corrected chi connectivity index (χ0v) is 19.4. The smallest absolute Gasteiger partial charge is 0.264 e. The Labute approximate surface area is 190 Å². The van der Waals surface area contributed by atoms with Crippen molar-refractivity contribution in [1.29, 1.82) is 0 Å². The summed E-state index contributed by atoms with van der Waals surface area (Å²) in [6, 6.07) is 21.1. The highest BCUT2D eigenvalue weighted by Crippen LogP contribution is 2.32. The lowest BCUT2D eigenvalue weighted by Gasteiger charge is -2.39. The van der Waals surface area contributed by atoms with Gasteiger partial charge < -0.3 is 0 Å². The highest BCUT2D eigenvalue weighted by atomic mass is 32.2. The number of aryl methyl sites for hydroxylation is 2. The molecule has 0 radical (unpaired) electrons. The molecule has 0 bridgehead atoms. The molecule has 0 unspecified atom stereocenters. The number of sulfonamides is 1. The summed E-state index contributed by atoms with van der Waals surface area (Å²) in [6.07, 6.45) is 1.43. The normalized spacial score (nSPS) is 15.6. The van der Waals surface area contributed by atoms with Crippen LogP contribution in [0.4, 0.5) is 10.1 Å². The highest BCUT2D eigenvalue weighted by molar-refractivity contribution is 7.93. The van der Waals surface area contributed by atoms with E-state index in [1.165, 1.54) is 27.6 Å². The van der Waals surface area contributed by atoms with Crippen molar-refractivity contribution in [2.45, 2.75) is 44.2 Å². The fourth-order valence-electron chi connectivity index (χ4n) is 4.35. The molecule has 1 heterocycles. The number of anilines is 1. The molecule has 32 heavy (non-hydrogen) atoms. The minimum Gasteiger partial charge on any atom is -0.299 e. The van der Waals surface area contributed by atoms with E-state index in [2.05, 4.69) is 36.1 Å². The fourth-order valence-corrected chi connectivity index (χ4v) is 6.29. The maximum atomic E-state index is 13.8. The maximum Gasteiger partial charge on any atom is 0.264 e. The Morgan fingerprint density at radius 2 is 1.53 bits per heavy atom. The van der Waals surface area contributed by atoms with E-state index in [1.807, 2.05) is 6.07 Å². The van der Waals surface area contributed by atoms with Gasteiger partial charge in [0.2, 0.25) is 0 Å². The number of likely N-dealkylation sites (tertiary alicyclic amines) is 1. The molecule has 4 rings (SSSR count).